The first-order valence-corrected chi connectivity index (χ1v) is 6.61. The Hall–Kier alpha value is -2.49. The smallest absolute Gasteiger partial charge is 0.405 e. The minimum absolute atomic E-state index is 0.0453. The van der Waals surface area contributed by atoms with E-state index in [0.717, 1.165) is 16.8 Å². The third kappa shape index (κ3) is 1.73. The summed E-state index contributed by atoms with van der Waals surface area (Å²) in [5, 5.41) is 9.34. The molecular formula is C16H12BFN2. The number of benzene rings is 3. The normalized spacial score (nSPS) is 12.9. The molecule has 0 saturated carbocycles. The van der Waals surface area contributed by atoms with Gasteiger partial charge in [-0.2, -0.15) is 0 Å². The highest BCUT2D eigenvalue weighted by Crippen LogP contribution is 2.33. The summed E-state index contributed by atoms with van der Waals surface area (Å²) in [5.74, 6) is -0.216. The first-order chi connectivity index (χ1) is 9.81. The first kappa shape index (κ1) is 11.4. The van der Waals surface area contributed by atoms with Crippen molar-refractivity contribution < 1.29 is 4.39 Å². The Balaban J connectivity index is 1.81. The van der Waals surface area contributed by atoms with Crippen molar-refractivity contribution >= 4 is 34.6 Å². The van der Waals surface area contributed by atoms with E-state index in [0.29, 0.717) is 0 Å². The van der Waals surface area contributed by atoms with Crippen molar-refractivity contribution in [3.05, 3.63) is 66.5 Å². The van der Waals surface area contributed by atoms with E-state index in [1.165, 1.54) is 22.9 Å². The zero-order chi connectivity index (χ0) is 13.5. The molecule has 3 aromatic carbocycles. The lowest BCUT2D eigenvalue weighted by atomic mass is 9.66. The highest BCUT2D eigenvalue weighted by Gasteiger charge is 2.24. The number of rotatable bonds is 1. The number of halogens is 1. The largest absolute Gasteiger partial charge is 0.406 e. The van der Waals surface area contributed by atoms with Crippen LogP contribution in [0.4, 0.5) is 15.8 Å². The number of anilines is 2. The minimum Gasteiger partial charge on any atom is -0.405 e. The SMILES string of the molecule is Fc1ccc(B2Nc3cccc4cccc(c34)N2)cc1. The summed E-state index contributed by atoms with van der Waals surface area (Å²) in [6.07, 6.45) is 0. The van der Waals surface area contributed by atoms with Gasteiger partial charge in [0.05, 0.1) is 0 Å². The van der Waals surface area contributed by atoms with Gasteiger partial charge in [-0.05, 0) is 35.1 Å². The Kier molecular flexibility index (Phi) is 2.42. The third-order valence-electron chi connectivity index (χ3n) is 3.71. The van der Waals surface area contributed by atoms with Gasteiger partial charge >= 0.3 is 6.98 Å². The Bertz CT molecular complexity index is 745. The minimum atomic E-state index is -0.216. The maximum Gasteiger partial charge on any atom is 0.406 e. The van der Waals surface area contributed by atoms with Gasteiger partial charge in [0.15, 0.2) is 0 Å². The van der Waals surface area contributed by atoms with Gasteiger partial charge in [-0.1, -0.05) is 36.4 Å². The van der Waals surface area contributed by atoms with E-state index in [4.69, 9.17) is 0 Å². The van der Waals surface area contributed by atoms with Crippen LogP contribution in [0.15, 0.2) is 60.7 Å². The molecule has 0 aromatic heterocycles. The molecule has 1 aliphatic rings. The summed E-state index contributed by atoms with van der Waals surface area (Å²) in [5.41, 5.74) is 3.22. The predicted molar refractivity (Wildman–Crippen MR) is 83.0 cm³/mol. The molecule has 2 N–H and O–H groups in total. The fraction of sp³-hybridized carbons (Fsp3) is 0. The maximum atomic E-state index is 13.0. The Morgan fingerprint density at radius 3 is 1.95 bits per heavy atom. The molecule has 96 valence electrons. The van der Waals surface area contributed by atoms with Crippen molar-refractivity contribution in [2.45, 2.75) is 0 Å². The molecule has 0 saturated heterocycles. The molecule has 4 rings (SSSR count). The molecule has 1 aliphatic heterocycles. The summed E-state index contributed by atoms with van der Waals surface area (Å²) >= 11 is 0. The number of nitrogens with one attached hydrogen (secondary N) is 2. The Morgan fingerprint density at radius 2 is 1.35 bits per heavy atom. The summed E-state index contributed by atoms with van der Waals surface area (Å²) in [6.45, 7) is -0.0453. The monoisotopic (exact) mass is 262 g/mol. The lowest BCUT2D eigenvalue weighted by molar-refractivity contribution is 0.628. The molecular weight excluding hydrogens is 250 g/mol. The molecule has 0 radical (unpaired) electrons. The lowest BCUT2D eigenvalue weighted by Gasteiger charge is -2.26. The van der Waals surface area contributed by atoms with Gasteiger partial charge in [0.1, 0.15) is 5.82 Å². The average Bonchev–Trinajstić information content (AvgIpc) is 2.48. The summed E-state index contributed by atoms with van der Waals surface area (Å²) < 4.78 is 13.0. The quantitative estimate of drug-likeness (QED) is 0.658. The Labute approximate surface area is 116 Å². The molecule has 0 amide bonds. The standard InChI is InChI=1S/C16H12BFN2/c18-13-9-7-12(8-10-13)17-19-14-5-1-3-11-4-2-6-15(20-17)16(11)14/h1-10,19-20H. The first-order valence-electron chi connectivity index (χ1n) is 6.61. The average molecular weight is 262 g/mol. The van der Waals surface area contributed by atoms with Gasteiger partial charge in [0.2, 0.25) is 0 Å². The van der Waals surface area contributed by atoms with E-state index >= 15 is 0 Å². The lowest BCUT2D eigenvalue weighted by Crippen LogP contribution is -2.47. The third-order valence-corrected chi connectivity index (χ3v) is 3.71. The second-order valence-electron chi connectivity index (χ2n) is 4.98. The van der Waals surface area contributed by atoms with Gasteiger partial charge < -0.3 is 10.5 Å². The van der Waals surface area contributed by atoms with E-state index in [2.05, 4.69) is 34.7 Å². The highest BCUT2D eigenvalue weighted by atomic mass is 19.1. The van der Waals surface area contributed by atoms with Crippen molar-refractivity contribution in [1.29, 1.82) is 0 Å². The molecule has 0 spiro atoms. The van der Waals surface area contributed by atoms with E-state index in [-0.39, 0.29) is 12.8 Å². The highest BCUT2D eigenvalue weighted by molar-refractivity contribution is 6.80. The van der Waals surface area contributed by atoms with Crippen LogP contribution in [0.1, 0.15) is 0 Å². The van der Waals surface area contributed by atoms with Crippen LogP contribution in [0, 0.1) is 5.82 Å². The van der Waals surface area contributed by atoms with E-state index in [1.54, 1.807) is 12.1 Å². The van der Waals surface area contributed by atoms with Crippen molar-refractivity contribution in [3.63, 3.8) is 0 Å². The van der Waals surface area contributed by atoms with Crippen LogP contribution in [0.25, 0.3) is 10.8 Å². The molecule has 0 fully saturated rings. The molecule has 2 nitrogen and oxygen atoms in total. The second-order valence-corrected chi connectivity index (χ2v) is 4.98. The van der Waals surface area contributed by atoms with Crippen molar-refractivity contribution in [2.24, 2.45) is 0 Å². The van der Waals surface area contributed by atoms with Crippen LogP contribution in [0.5, 0.6) is 0 Å². The van der Waals surface area contributed by atoms with Crippen LogP contribution in [-0.2, 0) is 0 Å². The van der Waals surface area contributed by atoms with Crippen LogP contribution in [0.3, 0.4) is 0 Å². The van der Waals surface area contributed by atoms with Crippen molar-refractivity contribution in [1.82, 2.24) is 0 Å². The second kappa shape index (κ2) is 4.27. The molecule has 0 aliphatic carbocycles. The van der Waals surface area contributed by atoms with Gasteiger partial charge in [-0.3, -0.25) is 0 Å². The number of hydrogen-bond acceptors (Lipinski definition) is 2. The Morgan fingerprint density at radius 1 is 0.750 bits per heavy atom. The fourth-order valence-electron chi connectivity index (χ4n) is 2.75. The zero-order valence-corrected chi connectivity index (χ0v) is 10.7. The summed E-state index contributed by atoms with van der Waals surface area (Å²) in [6, 6.07) is 19.0. The van der Waals surface area contributed by atoms with E-state index in [9.17, 15) is 4.39 Å². The van der Waals surface area contributed by atoms with Gasteiger partial charge in [-0.25, -0.2) is 4.39 Å². The molecule has 1 heterocycles. The molecule has 4 heteroatoms. The summed E-state index contributed by atoms with van der Waals surface area (Å²) in [7, 11) is 0. The van der Waals surface area contributed by atoms with Crippen molar-refractivity contribution in [3.8, 4) is 0 Å². The molecule has 0 bridgehead atoms. The zero-order valence-electron chi connectivity index (χ0n) is 10.7. The van der Waals surface area contributed by atoms with Gasteiger partial charge in [-0.15, -0.1) is 0 Å². The molecule has 0 atom stereocenters. The fourth-order valence-corrected chi connectivity index (χ4v) is 2.75. The summed E-state index contributed by atoms with van der Waals surface area (Å²) in [4.78, 5) is 0. The maximum absolute atomic E-state index is 13.0. The van der Waals surface area contributed by atoms with Crippen LogP contribution >= 0.6 is 0 Å². The van der Waals surface area contributed by atoms with Crippen LogP contribution in [-0.4, -0.2) is 6.98 Å². The molecule has 3 aromatic rings. The number of hydrogen-bond donors (Lipinski definition) is 2. The van der Waals surface area contributed by atoms with Gasteiger partial charge in [0, 0.05) is 16.8 Å². The van der Waals surface area contributed by atoms with Crippen LogP contribution in [0.2, 0.25) is 0 Å². The van der Waals surface area contributed by atoms with Crippen molar-refractivity contribution in [2.75, 3.05) is 10.5 Å². The molecule has 0 unspecified atom stereocenters. The van der Waals surface area contributed by atoms with Crippen LogP contribution < -0.4 is 15.9 Å². The molecule has 20 heavy (non-hydrogen) atoms. The predicted octanol–water partition coefficient (Wildman–Crippen LogP) is 3.21. The van der Waals surface area contributed by atoms with Gasteiger partial charge in [0.25, 0.3) is 0 Å². The topological polar surface area (TPSA) is 24.1 Å². The van der Waals surface area contributed by atoms with E-state index < -0.39 is 0 Å². The van der Waals surface area contributed by atoms with E-state index in [1.807, 2.05) is 12.1 Å².